The quantitative estimate of drug-likeness (QED) is 0.826. The molecule has 1 aromatic carbocycles. The number of nitrogens with two attached hydrogens (primary N) is 1. The maximum absolute atomic E-state index is 6.05. The lowest BCUT2D eigenvalue weighted by atomic mass is 9.82. The fourth-order valence-electron chi connectivity index (χ4n) is 4.05. The van der Waals surface area contributed by atoms with Crippen LogP contribution in [0.3, 0.4) is 0 Å². The Labute approximate surface area is 130 Å². The van der Waals surface area contributed by atoms with E-state index in [-0.39, 0.29) is 0 Å². The van der Waals surface area contributed by atoms with Crippen molar-refractivity contribution >= 4 is 0 Å². The first kappa shape index (κ1) is 16.5. The first-order chi connectivity index (χ1) is 10.3. The Balaban J connectivity index is 2.09. The highest BCUT2D eigenvalue weighted by atomic mass is 15.2. The van der Waals surface area contributed by atoms with Crippen LogP contribution < -0.4 is 5.73 Å². The molecule has 2 rings (SSSR count). The summed E-state index contributed by atoms with van der Waals surface area (Å²) in [5.41, 5.74) is 7.51. The van der Waals surface area contributed by atoms with E-state index in [1.54, 1.807) is 0 Å². The van der Waals surface area contributed by atoms with E-state index in [4.69, 9.17) is 5.73 Å². The van der Waals surface area contributed by atoms with Gasteiger partial charge in [-0.15, -0.1) is 0 Å². The largest absolute Gasteiger partial charge is 0.330 e. The van der Waals surface area contributed by atoms with Gasteiger partial charge in [-0.1, -0.05) is 57.0 Å². The second kappa shape index (κ2) is 8.55. The average molecular weight is 288 g/mol. The van der Waals surface area contributed by atoms with Crippen LogP contribution in [0.5, 0.6) is 0 Å². The summed E-state index contributed by atoms with van der Waals surface area (Å²) in [5.74, 6) is 0.698. The lowest BCUT2D eigenvalue weighted by Gasteiger charge is -2.43. The monoisotopic (exact) mass is 288 g/mol. The zero-order valence-corrected chi connectivity index (χ0v) is 13.8. The second-order valence-electron chi connectivity index (χ2n) is 6.43. The smallest absolute Gasteiger partial charge is 0.0138 e. The van der Waals surface area contributed by atoms with Crippen LogP contribution in [0.25, 0.3) is 0 Å². The molecule has 0 aliphatic heterocycles. The van der Waals surface area contributed by atoms with Crippen molar-refractivity contribution in [3.8, 4) is 0 Å². The van der Waals surface area contributed by atoms with Crippen molar-refractivity contribution < 1.29 is 0 Å². The van der Waals surface area contributed by atoms with E-state index >= 15 is 0 Å². The second-order valence-corrected chi connectivity index (χ2v) is 6.43. The maximum Gasteiger partial charge on any atom is 0.0138 e. The molecule has 2 nitrogen and oxygen atoms in total. The van der Waals surface area contributed by atoms with Crippen molar-refractivity contribution in [3.05, 3.63) is 35.9 Å². The molecule has 1 saturated carbocycles. The summed E-state index contributed by atoms with van der Waals surface area (Å²) >= 11 is 0. The molecule has 0 bridgehead atoms. The number of hydrogen-bond acceptors (Lipinski definition) is 2. The topological polar surface area (TPSA) is 29.3 Å². The van der Waals surface area contributed by atoms with Crippen LogP contribution in [-0.2, 0) is 6.42 Å². The van der Waals surface area contributed by atoms with Gasteiger partial charge in [0.05, 0.1) is 0 Å². The van der Waals surface area contributed by atoms with Gasteiger partial charge in [0, 0.05) is 12.1 Å². The maximum atomic E-state index is 6.05. The summed E-state index contributed by atoms with van der Waals surface area (Å²) in [5, 5.41) is 0. The molecule has 0 aromatic heterocycles. The first-order valence-corrected chi connectivity index (χ1v) is 8.79. The Morgan fingerprint density at radius 1 is 1.14 bits per heavy atom. The fraction of sp³-hybridized carbons (Fsp3) is 0.684. The highest BCUT2D eigenvalue weighted by Gasteiger charge is 2.31. The summed E-state index contributed by atoms with van der Waals surface area (Å²) in [6, 6.07) is 12.3. The van der Waals surface area contributed by atoms with Crippen LogP contribution in [-0.4, -0.2) is 30.1 Å². The van der Waals surface area contributed by atoms with Crippen molar-refractivity contribution in [1.82, 2.24) is 4.90 Å². The van der Waals surface area contributed by atoms with Gasteiger partial charge in [-0.05, 0) is 50.3 Å². The molecule has 0 spiro atoms. The van der Waals surface area contributed by atoms with Gasteiger partial charge in [0.15, 0.2) is 0 Å². The van der Waals surface area contributed by atoms with E-state index in [2.05, 4.69) is 49.1 Å². The molecule has 118 valence electrons. The number of likely N-dealkylation sites (N-methyl/N-ethyl adjacent to an activating group) is 1. The Hall–Kier alpha value is -0.860. The van der Waals surface area contributed by atoms with E-state index in [1.807, 2.05) is 0 Å². The molecule has 0 heterocycles. The Morgan fingerprint density at radius 2 is 1.86 bits per heavy atom. The summed E-state index contributed by atoms with van der Waals surface area (Å²) in [7, 11) is 0. The van der Waals surface area contributed by atoms with Crippen LogP contribution in [0, 0.1) is 5.92 Å². The lowest BCUT2D eigenvalue weighted by molar-refractivity contribution is 0.0681. The molecular weight excluding hydrogens is 256 g/mol. The van der Waals surface area contributed by atoms with Gasteiger partial charge in [0.2, 0.25) is 0 Å². The van der Waals surface area contributed by atoms with Crippen LogP contribution >= 0.6 is 0 Å². The molecule has 1 aromatic rings. The van der Waals surface area contributed by atoms with E-state index < -0.39 is 0 Å². The SMILES string of the molecule is CCC(Cc1ccccc1)N(CC)C1CCCCC1CN. The first-order valence-electron chi connectivity index (χ1n) is 8.79. The molecule has 0 radical (unpaired) electrons. The highest BCUT2D eigenvalue weighted by Crippen LogP contribution is 2.30. The highest BCUT2D eigenvalue weighted by molar-refractivity contribution is 5.16. The standard InChI is InChI=1S/C19H32N2/c1-3-18(14-16-10-6-5-7-11-16)21(4-2)19-13-9-8-12-17(19)15-20/h5-7,10-11,17-19H,3-4,8-9,12-15,20H2,1-2H3. The van der Waals surface area contributed by atoms with Crippen molar-refractivity contribution in [1.29, 1.82) is 0 Å². The minimum atomic E-state index is 0.648. The third kappa shape index (κ3) is 4.31. The molecule has 0 amide bonds. The van der Waals surface area contributed by atoms with Gasteiger partial charge in [-0.2, -0.15) is 0 Å². The lowest BCUT2D eigenvalue weighted by Crippen LogP contribution is -2.50. The zero-order valence-electron chi connectivity index (χ0n) is 13.8. The number of rotatable bonds is 7. The van der Waals surface area contributed by atoms with Gasteiger partial charge < -0.3 is 5.73 Å². The molecular formula is C19H32N2. The molecule has 3 unspecified atom stereocenters. The third-order valence-corrected chi connectivity index (χ3v) is 5.22. The van der Waals surface area contributed by atoms with Gasteiger partial charge in [-0.3, -0.25) is 4.90 Å². The zero-order chi connectivity index (χ0) is 15.1. The minimum Gasteiger partial charge on any atom is -0.330 e. The molecule has 0 saturated heterocycles. The molecule has 3 atom stereocenters. The van der Waals surface area contributed by atoms with E-state index in [0.717, 1.165) is 13.1 Å². The van der Waals surface area contributed by atoms with Crippen molar-refractivity contribution in [2.75, 3.05) is 13.1 Å². The molecule has 2 N–H and O–H groups in total. The van der Waals surface area contributed by atoms with Gasteiger partial charge in [0.1, 0.15) is 0 Å². The minimum absolute atomic E-state index is 0.648. The summed E-state index contributed by atoms with van der Waals surface area (Å²) in [6.07, 6.45) is 7.78. The summed E-state index contributed by atoms with van der Waals surface area (Å²) in [4.78, 5) is 2.75. The van der Waals surface area contributed by atoms with Gasteiger partial charge in [-0.25, -0.2) is 0 Å². The van der Waals surface area contributed by atoms with Crippen molar-refractivity contribution in [2.45, 2.75) is 64.5 Å². The number of hydrogen-bond donors (Lipinski definition) is 1. The molecule has 1 fully saturated rings. The van der Waals surface area contributed by atoms with Crippen LogP contribution in [0.15, 0.2) is 30.3 Å². The third-order valence-electron chi connectivity index (χ3n) is 5.22. The van der Waals surface area contributed by atoms with Crippen LogP contribution in [0.1, 0.15) is 51.5 Å². The molecule has 1 aliphatic rings. The summed E-state index contributed by atoms with van der Waals surface area (Å²) in [6.45, 7) is 6.64. The Kier molecular flexibility index (Phi) is 6.72. The summed E-state index contributed by atoms with van der Waals surface area (Å²) < 4.78 is 0. The Bertz CT molecular complexity index is 390. The normalized spacial score (nSPS) is 24.2. The fourth-order valence-corrected chi connectivity index (χ4v) is 4.05. The van der Waals surface area contributed by atoms with E-state index in [1.165, 1.54) is 44.1 Å². The van der Waals surface area contributed by atoms with Gasteiger partial charge >= 0.3 is 0 Å². The predicted molar refractivity (Wildman–Crippen MR) is 91.4 cm³/mol. The predicted octanol–water partition coefficient (Wildman–Crippen LogP) is 3.85. The number of nitrogens with zero attached hydrogens (tertiary/aromatic N) is 1. The Morgan fingerprint density at radius 3 is 2.48 bits per heavy atom. The van der Waals surface area contributed by atoms with E-state index in [0.29, 0.717) is 18.0 Å². The molecule has 2 heteroatoms. The van der Waals surface area contributed by atoms with E-state index in [9.17, 15) is 0 Å². The molecule has 21 heavy (non-hydrogen) atoms. The van der Waals surface area contributed by atoms with Crippen molar-refractivity contribution in [3.63, 3.8) is 0 Å². The van der Waals surface area contributed by atoms with Crippen molar-refractivity contribution in [2.24, 2.45) is 11.7 Å². The number of benzene rings is 1. The average Bonchev–Trinajstić information content (AvgIpc) is 2.56. The van der Waals surface area contributed by atoms with Gasteiger partial charge in [0.25, 0.3) is 0 Å². The van der Waals surface area contributed by atoms with Crippen LogP contribution in [0.4, 0.5) is 0 Å². The van der Waals surface area contributed by atoms with Crippen LogP contribution in [0.2, 0.25) is 0 Å². The molecule has 1 aliphatic carbocycles.